The molecule has 0 aromatic heterocycles. The maximum atomic E-state index is 12.3. The predicted octanol–water partition coefficient (Wildman–Crippen LogP) is 0.437. The van der Waals surface area contributed by atoms with Gasteiger partial charge in [-0.25, -0.2) is 0 Å². The SMILES string of the molecule is CC1CN(C(=O)C2(N)CCCC2)CC1C(=O)O. The van der Waals surface area contributed by atoms with E-state index in [0.717, 1.165) is 25.7 Å². The lowest BCUT2D eigenvalue weighted by Gasteiger charge is -2.28. The summed E-state index contributed by atoms with van der Waals surface area (Å²) in [5, 5.41) is 9.04. The van der Waals surface area contributed by atoms with Crippen LogP contribution in [0.2, 0.25) is 0 Å². The number of amides is 1. The molecule has 17 heavy (non-hydrogen) atoms. The normalized spacial score (nSPS) is 31.8. The van der Waals surface area contributed by atoms with Crippen molar-refractivity contribution in [1.82, 2.24) is 4.90 Å². The van der Waals surface area contributed by atoms with Gasteiger partial charge in [0.1, 0.15) is 0 Å². The zero-order chi connectivity index (χ0) is 12.6. The fourth-order valence-electron chi connectivity index (χ4n) is 2.99. The van der Waals surface area contributed by atoms with Crippen molar-refractivity contribution in [2.24, 2.45) is 17.6 Å². The third kappa shape index (κ3) is 2.16. The Morgan fingerprint density at radius 3 is 2.35 bits per heavy atom. The zero-order valence-corrected chi connectivity index (χ0v) is 10.2. The van der Waals surface area contributed by atoms with Crippen LogP contribution < -0.4 is 5.73 Å². The Kier molecular flexibility index (Phi) is 3.12. The lowest BCUT2D eigenvalue weighted by molar-refractivity contribution is -0.142. The Hall–Kier alpha value is -1.10. The third-order valence-electron chi connectivity index (χ3n) is 4.14. The highest BCUT2D eigenvalue weighted by Gasteiger charge is 2.44. The molecule has 0 aromatic rings. The van der Waals surface area contributed by atoms with Gasteiger partial charge >= 0.3 is 5.97 Å². The number of carbonyl (C=O) groups excluding carboxylic acids is 1. The van der Waals surface area contributed by atoms with Gasteiger partial charge in [-0.15, -0.1) is 0 Å². The van der Waals surface area contributed by atoms with Crippen LogP contribution in [-0.4, -0.2) is 40.5 Å². The van der Waals surface area contributed by atoms with Gasteiger partial charge in [0.15, 0.2) is 0 Å². The summed E-state index contributed by atoms with van der Waals surface area (Å²) in [5.41, 5.74) is 5.38. The van der Waals surface area contributed by atoms with E-state index < -0.39 is 17.4 Å². The summed E-state index contributed by atoms with van der Waals surface area (Å²) in [6, 6.07) is 0. The van der Waals surface area contributed by atoms with Crippen molar-refractivity contribution in [3.05, 3.63) is 0 Å². The third-order valence-corrected chi connectivity index (χ3v) is 4.14. The summed E-state index contributed by atoms with van der Waals surface area (Å²) in [4.78, 5) is 25.0. The summed E-state index contributed by atoms with van der Waals surface area (Å²) in [6.45, 7) is 2.72. The highest BCUT2D eigenvalue weighted by atomic mass is 16.4. The smallest absolute Gasteiger partial charge is 0.308 e. The lowest BCUT2D eigenvalue weighted by atomic mass is 9.97. The Labute approximate surface area is 101 Å². The summed E-state index contributed by atoms with van der Waals surface area (Å²) in [5.74, 6) is -1.29. The molecule has 2 unspecified atom stereocenters. The molecule has 2 fully saturated rings. The van der Waals surface area contributed by atoms with E-state index in [4.69, 9.17) is 10.8 Å². The Morgan fingerprint density at radius 2 is 1.88 bits per heavy atom. The van der Waals surface area contributed by atoms with Crippen molar-refractivity contribution < 1.29 is 14.7 Å². The number of hydrogen-bond donors (Lipinski definition) is 2. The lowest BCUT2D eigenvalue weighted by Crippen LogP contribution is -2.53. The first-order valence-corrected chi connectivity index (χ1v) is 6.25. The number of hydrogen-bond acceptors (Lipinski definition) is 3. The standard InChI is InChI=1S/C12H20N2O3/c1-8-6-14(7-9(8)10(15)16)11(17)12(13)4-2-3-5-12/h8-9H,2-7,13H2,1H3,(H,15,16). The molecule has 3 N–H and O–H groups in total. The van der Waals surface area contributed by atoms with Crippen LogP contribution in [0.1, 0.15) is 32.6 Å². The molecule has 0 radical (unpaired) electrons. The molecule has 1 saturated heterocycles. The quantitative estimate of drug-likeness (QED) is 0.733. The molecule has 0 aromatic carbocycles. The Balaban J connectivity index is 2.05. The molecule has 1 aliphatic heterocycles. The van der Waals surface area contributed by atoms with E-state index in [2.05, 4.69) is 0 Å². The molecule has 1 heterocycles. The van der Waals surface area contributed by atoms with E-state index in [0.29, 0.717) is 13.1 Å². The second-order valence-corrected chi connectivity index (χ2v) is 5.50. The largest absolute Gasteiger partial charge is 0.481 e. The second kappa shape index (κ2) is 4.29. The van der Waals surface area contributed by atoms with Crippen LogP contribution in [0.3, 0.4) is 0 Å². The summed E-state index contributed by atoms with van der Waals surface area (Å²) in [6.07, 6.45) is 3.45. The monoisotopic (exact) mass is 240 g/mol. The minimum absolute atomic E-state index is 0.0152. The molecular formula is C12H20N2O3. The van der Waals surface area contributed by atoms with Gasteiger partial charge in [0.2, 0.25) is 5.91 Å². The summed E-state index contributed by atoms with van der Waals surface area (Å²) < 4.78 is 0. The van der Waals surface area contributed by atoms with E-state index in [1.807, 2.05) is 6.92 Å². The van der Waals surface area contributed by atoms with Gasteiger partial charge in [0.25, 0.3) is 0 Å². The molecule has 1 saturated carbocycles. The average Bonchev–Trinajstić information content (AvgIpc) is 2.84. The first-order valence-electron chi connectivity index (χ1n) is 6.25. The maximum Gasteiger partial charge on any atom is 0.308 e. The van der Waals surface area contributed by atoms with Gasteiger partial charge in [-0.2, -0.15) is 0 Å². The van der Waals surface area contributed by atoms with Crippen molar-refractivity contribution in [1.29, 1.82) is 0 Å². The fraction of sp³-hybridized carbons (Fsp3) is 0.833. The Bertz CT molecular complexity index is 337. The molecule has 5 heteroatoms. The number of nitrogens with zero attached hydrogens (tertiary/aromatic N) is 1. The molecular weight excluding hydrogens is 220 g/mol. The molecule has 2 aliphatic rings. The van der Waals surface area contributed by atoms with Gasteiger partial charge in [-0.1, -0.05) is 19.8 Å². The van der Waals surface area contributed by atoms with Gasteiger partial charge < -0.3 is 15.7 Å². The highest BCUT2D eigenvalue weighted by Crippen LogP contribution is 2.32. The van der Waals surface area contributed by atoms with Crippen LogP contribution in [0, 0.1) is 11.8 Å². The van der Waals surface area contributed by atoms with Crippen LogP contribution in [-0.2, 0) is 9.59 Å². The second-order valence-electron chi connectivity index (χ2n) is 5.50. The molecule has 0 bridgehead atoms. The van der Waals surface area contributed by atoms with Gasteiger partial charge in [-0.3, -0.25) is 9.59 Å². The fourth-order valence-corrected chi connectivity index (χ4v) is 2.99. The van der Waals surface area contributed by atoms with Crippen molar-refractivity contribution in [2.75, 3.05) is 13.1 Å². The first kappa shape index (κ1) is 12.4. The molecule has 2 atom stereocenters. The molecule has 5 nitrogen and oxygen atoms in total. The maximum absolute atomic E-state index is 12.3. The Morgan fingerprint density at radius 1 is 1.29 bits per heavy atom. The predicted molar refractivity (Wildman–Crippen MR) is 62.3 cm³/mol. The van der Waals surface area contributed by atoms with Crippen LogP contribution in [0.5, 0.6) is 0 Å². The van der Waals surface area contributed by atoms with Crippen LogP contribution in [0.15, 0.2) is 0 Å². The molecule has 1 aliphatic carbocycles. The minimum atomic E-state index is -0.815. The van der Waals surface area contributed by atoms with E-state index >= 15 is 0 Å². The van der Waals surface area contributed by atoms with Crippen molar-refractivity contribution in [3.63, 3.8) is 0 Å². The number of rotatable bonds is 2. The van der Waals surface area contributed by atoms with Crippen molar-refractivity contribution in [3.8, 4) is 0 Å². The molecule has 2 rings (SSSR count). The first-order chi connectivity index (χ1) is 7.94. The number of nitrogens with two attached hydrogens (primary N) is 1. The van der Waals surface area contributed by atoms with Crippen LogP contribution in [0.25, 0.3) is 0 Å². The van der Waals surface area contributed by atoms with Crippen LogP contribution in [0.4, 0.5) is 0 Å². The number of carbonyl (C=O) groups is 2. The van der Waals surface area contributed by atoms with E-state index in [1.165, 1.54) is 0 Å². The van der Waals surface area contributed by atoms with Crippen molar-refractivity contribution in [2.45, 2.75) is 38.1 Å². The molecule has 1 amide bonds. The minimum Gasteiger partial charge on any atom is -0.481 e. The number of carboxylic acid groups (broad SMARTS) is 1. The van der Waals surface area contributed by atoms with E-state index in [9.17, 15) is 9.59 Å². The highest BCUT2D eigenvalue weighted by molar-refractivity contribution is 5.87. The van der Waals surface area contributed by atoms with Gasteiger partial charge in [-0.05, 0) is 18.8 Å². The average molecular weight is 240 g/mol. The van der Waals surface area contributed by atoms with Crippen LogP contribution >= 0.6 is 0 Å². The van der Waals surface area contributed by atoms with E-state index in [-0.39, 0.29) is 11.8 Å². The summed E-state index contributed by atoms with van der Waals surface area (Å²) >= 11 is 0. The zero-order valence-electron chi connectivity index (χ0n) is 10.2. The topological polar surface area (TPSA) is 83.6 Å². The van der Waals surface area contributed by atoms with Gasteiger partial charge in [0, 0.05) is 13.1 Å². The number of aliphatic carboxylic acids is 1. The van der Waals surface area contributed by atoms with Gasteiger partial charge in [0.05, 0.1) is 11.5 Å². The van der Waals surface area contributed by atoms with E-state index in [1.54, 1.807) is 4.90 Å². The summed E-state index contributed by atoms with van der Waals surface area (Å²) in [7, 11) is 0. The van der Waals surface area contributed by atoms with Crippen molar-refractivity contribution >= 4 is 11.9 Å². The number of likely N-dealkylation sites (tertiary alicyclic amines) is 1. The number of carboxylic acids is 1. The molecule has 96 valence electrons. The molecule has 0 spiro atoms.